The summed E-state index contributed by atoms with van der Waals surface area (Å²) >= 11 is 0. The van der Waals surface area contributed by atoms with Crippen LogP contribution < -0.4 is 5.32 Å². The molecule has 4 rings (SSSR count). The van der Waals surface area contributed by atoms with E-state index in [4.69, 9.17) is 0 Å². The first-order chi connectivity index (χ1) is 14.0. The van der Waals surface area contributed by atoms with Crippen molar-refractivity contribution >= 4 is 15.9 Å². The average molecular weight is 431 g/mol. The van der Waals surface area contributed by atoms with Gasteiger partial charge in [0.15, 0.2) is 0 Å². The van der Waals surface area contributed by atoms with Gasteiger partial charge in [-0.15, -0.1) is 0 Å². The molecule has 0 spiro atoms. The first-order valence-electron chi connectivity index (χ1n) is 10.4. The Bertz CT molecular complexity index is 1070. The molecule has 1 aromatic heterocycles. The van der Waals surface area contributed by atoms with Gasteiger partial charge in [0.05, 0.1) is 10.6 Å². The van der Waals surface area contributed by atoms with Gasteiger partial charge in [-0.25, -0.2) is 8.42 Å². The first-order valence-corrected chi connectivity index (χ1v) is 11.8. The van der Waals surface area contributed by atoms with Crippen LogP contribution in [0.2, 0.25) is 0 Å². The molecule has 0 bridgehead atoms. The summed E-state index contributed by atoms with van der Waals surface area (Å²) in [5.74, 6) is 0.306. The molecular formula is C22H30N4O3S. The highest BCUT2D eigenvalue weighted by molar-refractivity contribution is 7.89. The lowest BCUT2D eigenvalue weighted by Gasteiger charge is -2.39. The summed E-state index contributed by atoms with van der Waals surface area (Å²) < 4.78 is 29.2. The largest absolute Gasteiger partial charge is 0.348 e. The number of aromatic nitrogens is 2. The average Bonchev–Trinajstić information content (AvgIpc) is 3.21. The smallest absolute Gasteiger partial charge is 0.269 e. The second-order valence-electron chi connectivity index (χ2n) is 9.66. The number of hydrogen-bond acceptors (Lipinski definition) is 4. The fourth-order valence-electron chi connectivity index (χ4n) is 4.38. The van der Waals surface area contributed by atoms with Crippen molar-refractivity contribution in [1.29, 1.82) is 0 Å². The van der Waals surface area contributed by atoms with Crippen LogP contribution in [0.15, 0.2) is 35.2 Å². The molecule has 1 saturated heterocycles. The SMILES string of the molecule is Cc1ccc(S(=O)(=O)N2C[C@@H]3C[C@@H](NC(=O)c4cc(C(C)(C)C)nn4C)[C@@H]3C2)cc1. The molecule has 0 radical (unpaired) electrons. The Morgan fingerprint density at radius 3 is 2.43 bits per heavy atom. The molecule has 3 atom stereocenters. The summed E-state index contributed by atoms with van der Waals surface area (Å²) in [6, 6.07) is 8.81. The van der Waals surface area contributed by atoms with Crippen LogP contribution in [0.25, 0.3) is 0 Å². The molecule has 0 unspecified atom stereocenters. The van der Waals surface area contributed by atoms with E-state index in [0.29, 0.717) is 29.6 Å². The van der Waals surface area contributed by atoms with Gasteiger partial charge in [0.2, 0.25) is 10.0 Å². The lowest BCUT2D eigenvalue weighted by Crippen LogP contribution is -2.52. The second-order valence-corrected chi connectivity index (χ2v) is 11.6. The van der Waals surface area contributed by atoms with Crippen LogP contribution in [-0.4, -0.2) is 47.5 Å². The zero-order chi connectivity index (χ0) is 21.8. The fourth-order valence-corrected chi connectivity index (χ4v) is 5.91. The molecule has 1 aromatic carbocycles. The number of carbonyl (C=O) groups excluding carboxylic acids is 1. The standard InChI is InChI=1S/C22H30N4O3S/c1-14-6-8-16(9-7-14)30(28,29)26-12-15-10-18(17(15)13-26)23-21(27)19-11-20(22(2,3)4)24-25(19)5/h6-9,11,15,17-18H,10,12-13H2,1-5H3,(H,23,27)/t15-,17+,18+/m0/s1. The molecule has 1 amide bonds. The molecule has 8 heteroatoms. The van der Waals surface area contributed by atoms with Gasteiger partial charge in [0, 0.05) is 31.6 Å². The molecule has 7 nitrogen and oxygen atoms in total. The van der Waals surface area contributed by atoms with Crippen LogP contribution in [0.4, 0.5) is 0 Å². The number of nitrogens with one attached hydrogen (secondary N) is 1. The number of sulfonamides is 1. The molecule has 162 valence electrons. The molecule has 2 heterocycles. The topological polar surface area (TPSA) is 84.3 Å². The molecule has 1 N–H and O–H groups in total. The Morgan fingerprint density at radius 2 is 1.83 bits per heavy atom. The van der Waals surface area contributed by atoms with Crippen molar-refractivity contribution in [2.45, 2.75) is 50.5 Å². The van der Waals surface area contributed by atoms with E-state index >= 15 is 0 Å². The molecule has 2 aliphatic rings. The van der Waals surface area contributed by atoms with Crippen molar-refractivity contribution in [1.82, 2.24) is 19.4 Å². The monoisotopic (exact) mass is 430 g/mol. The summed E-state index contributed by atoms with van der Waals surface area (Å²) in [7, 11) is -1.72. The molecule has 2 fully saturated rings. The van der Waals surface area contributed by atoms with Crippen LogP contribution in [0.3, 0.4) is 0 Å². The third kappa shape index (κ3) is 3.67. The highest BCUT2D eigenvalue weighted by atomic mass is 32.2. The lowest BCUT2D eigenvalue weighted by molar-refractivity contribution is 0.0823. The number of benzene rings is 1. The maximum absolute atomic E-state index is 13.0. The highest BCUT2D eigenvalue weighted by Crippen LogP contribution is 2.42. The molecule has 2 aromatic rings. The van der Waals surface area contributed by atoms with Gasteiger partial charge in [-0.2, -0.15) is 9.40 Å². The Hall–Kier alpha value is -2.19. The van der Waals surface area contributed by atoms with E-state index in [2.05, 4.69) is 31.2 Å². The minimum Gasteiger partial charge on any atom is -0.348 e. The third-order valence-corrected chi connectivity index (χ3v) is 8.23. The number of carbonyl (C=O) groups is 1. The molecule has 1 aliphatic heterocycles. The summed E-state index contributed by atoms with van der Waals surface area (Å²) in [6.07, 6.45) is 0.806. The normalized spacial score (nSPS) is 24.4. The van der Waals surface area contributed by atoms with Gasteiger partial charge in [-0.3, -0.25) is 9.48 Å². The highest BCUT2D eigenvalue weighted by Gasteiger charge is 2.50. The van der Waals surface area contributed by atoms with Crippen molar-refractivity contribution in [3.05, 3.63) is 47.3 Å². The van der Waals surface area contributed by atoms with E-state index in [-0.39, 0.29) is 23.3 Å². The van der Waals surface area contributed by atoms with E-state index in [1.807, 2.05) is 25.1 Å². The van der Waals surface area contributed by atoms with E-state index in [1.165, 1.54) is 0 Å². The van der Waals surface area contributed by atoms with E-state index in [0.717, 1.165) is 17.7 Å². The van der Waals surface area contributed by atoms with Crippen molar-refractivity contribution in [2.75, 3.05) is 13.1 Å². The van der Waals surface area contributed by atoms with Gasteiger partial charge >= 0.3 is 0 Å². The second kappa shape index (κ2) is 7.20. The number of rotatable bonds is 4. The number of aryl methyl sites for hydroxylation is 2. The summed E-state index contributed by atoms with van der Waals surface area (Å²) in [6.45, 7) is 9.10. The zero-order valence-corrected chi connectivity index (χ0v) is 19.0. The molecule has 1 saturated carbocycles. The zero-order valence-electron chi connectivity index (χ0n) is 18.2. The Morgan fingerprint density at radius 1 is 1.17 bits per heavy atom. The van der Waals surface area contributed by atoms with E-state index in [1.54, 1.807) is 28.2 Å². The van der Waals surface area contributed by atoms with Crippen LogP contribution in [-0.2, 0) is 22.5 Å². The van der Waals surface area contributed by atoms with Gasteiger partial charge in [0.1, 0.15) is 5.69 Å². The van der Waals surface area contributed by atoms with Crippen LogP contribution in [0.1, 0.15) is 48.9 Å². The summed E-state index contributed by atoms with van der Waals surface area (Å²) in [5, 5.41) is 7.58. The molecule has 1 aliphatic carbocycles. The van der Waals surface area contributed by atoms with Crippen molar-refractivity contribution in [3.63, 3.8) is 0 Å². The summed E-state index contributed by atoms with van der Waals surface area (Å²) in [5.41, 5.74) is 2.31. The Kier molecular flexibility index (Phi) is 5.05. The first kappa shape index (κ1) is 21.1. The van der Waals surface area contributed by atoms with Crippen LogP contribution in [0.5, 0.6) is 0 Å². The van der Waals surface area contributed by atoms with Crippen LogP contribution in [0, 0.1) is 18.8 Å². The van der Waals surface area contributed by atoms with Gasteiger partial charge < -0.3 is 5.32 Å². The van der Waals surface area contributed by atoms with Gasteiger partial charge in [0.25, 0.3) is 5.91 Å². The maximum atomic E-state index is 13.0. The maximum Gasteiger partial charge on any atom is 0.269 e. The Balaban J connectivity index is 1.43. The van der Waals surface area contributed by atoms with Gasteiger partial charge in [-0.1, -0.05) is 38.5 Å². The summed E-state index contributed by atoms with van der Waals surface area (Å²) in [4.78, 5) is 13.2. The number of nitrogens with zero attached hydrogens (tertiary/aromatic N) is 3. The number of hydrogen-bond donors (Lipinski definition) is 1. The van der Waals surface area contributed by atoms with Gasteiger partial charge in [-0.05, 0) is 43.4 Å². The molecule has 30 heavy (non-hydrogen) atoms. The van der Waals surface area contributed by atoms with Crippen LogP contribution >= 0.6 is 0 Å². The minimum absolute atomic E-state index is 0.00583. The van der Waals surface area contributed by atoms with E-state index < -0.39 is 10.0 Å². The minimum atomic E-state index is -3.50. The third-order valence-electron chi connectivity index (χ3n) is 6.39. The predicted octanol–water partition coefficient (Wildman–Crippen LogP) is 2.47. The quantitative estimate of drug-likeness (QED) is 0.808. The molecular weight excluding hydrogens is 400 g/mol. The van der Waals surface area contributed by atoms with Crippen molar-refractivity contribution in [2.24, 2.45) is 18.9 Å². The number of amides is 1. The Labute approximate surface area is 178 Å². The number of fused-ring (bicyclic) bond motifs is 1. The predicted molar refractivity (Wildman–Crippen MR) is 115 cm³/mol. The van der Waals surface area contributed by atoms with E-state index in [9.17, 15) is 13.2 Å². The lowest BCUT2D eigenvalue weighted by atomic mass is 9.71. The van der Waals surface area contributed by atoms with Crippen molar-refractivity contribution in [3.8, 4) is 0 Å². The fraction of sp³-hybridized carbons (Fsp3) is 0.545. The van der Waals surface area contributed by atoms with Crippen molar-refractivity contribution < 1.29 is 13.2 Å².